The summed E-state index contributed by atoms with van der Waals surface area (Å²) in [5.41, 5.74) is 1.97. The van der Waals surface area contributed by atoms with E-state index in [0.29, 0.717) is 17.7 Å². The Bertz CT molecular complexity index is 857. The first-order valence-corrected chi connectivity index (χ1v) is 8.84. The molecule has 7 nitrogen and oxygen atoms in total. The van der Waals surface area contributed by atoms with Gasteiger partial charge in [0.15, 0.2) is 11.6 Å². The first kappa shape index (κ1) is 16.5. The predicted octanol–water partition coefficient (Wildman–Crippen LogP) is 3.51. The molecule has 7 heteroatoms. The Labute approximate surface area is 152 Å². The number of anilines is 3. The maximum atomic E-state index is 5.44. The molecule has 0 spiro atoms. The maximum Gasteiger partial charge on any atom is 0.163 e. The van der Waals surface area contributed by atoms with Gasteiger partial charge in [-0.1, -0.05) is 30.3 Å². The van der Waals surface area contributed by atoms with Gasteiger partial charge < -0.3 is 15.4 Å². The second-order valence-electron chi connectivity index (χ2n) is 6.42. The number of ether oxygens (including phenoxy) is 1. The summed E-state index contributed by atoms with van der Waals surface area (Å²) >= 11 is 0. The molecule has 134 valence electrons. The van der Waals surface area contributed by atoms with E-state index in [1.54, 1.807) is 0 Å². The topological polar surface area (TPSA) is 87.8 Å². The number of nitrogens with zero attached hydrogens (tertiary/aromatic N) is 3. The molecule has 4 rings (SSSR count). The van der Waals surface area contributed by atoms with E-state index >= 15 is 0 Å². The molecule has 3 aromatic rings. The molecule has 0 saturated carbocycles. The maximum absolute atomic E-state index is 5.44. The van der Waals surface area contributed by atoms with Crippen molar-refractivity contribution in [2.75, 3.05) is 23.8 Å². The molecule has 0 amide bonds. The van der Waals surface area contributed by atoms with Gasteiger partial charge in [0.25, 0.3) is 0 Å². The van der Waals surface area contributed by atoms with Gasteiger partial charge in [-0.15, -0.1) is 0 Å². The number of H-pyrrole nitrogens is 1. The van der Waals surface area contributed by atoms with E-state index in [-0.39, 0.29) is 0 Å². The third-order valence-electron chi connectivity index (χ3n) is 4.29. The number of nitrogens with one attached hydrogen (secondary N) is 3. The molecule has 0 unspecified atom stereocenters. The minimum atomic E-state index is 0.364. The molecule has 1 aromatic carbocycles. The van der Waals surface area contributed by atoms with Crippen molar-refractivity contribution in [1.29, 1.82) is 0 Å². The number of aryl methyl sites for hydroxylation is 1. The van der Waals surface area contributed by atoms with Crippen LogP contribution in [0.4, 0.5) is 17.5 Å². The van der Waals surface area contributed by atoms with Crippen molar-refractivity contribution in [1.82, 2.24) is 20.2 Å². The van der Waals surface area contributed by atoms with Crippen LogP contribution in [-0.4, -0.2) is 39.4 Å². The van der Waals surface area contributed by atoms with Crippen LogP contribution < -0.4 is 10.6 Å². The molecule has 26 heavy (non-hydrogen) atoms. The average Bonchev–Trinajstić information content (AvgIpc) is 3.08. The average molecular weight is 350 g/mol. The number of aromatic nitrogens is 4. The fourth-order valence-corrected chi connectivity index (χ4v) is 2.97. The standard InChI is InChI=1S/C19H22N6O/c1-13-11-18(25-24-13)21-17-12-16(20-15-7-9-26-10-8-15)22-19(23-17)14-5-3-2-4-6-14/h2-6,11-12,15H,7-10H2,1H3,(H3,20,21,22,23,24,25). The van der Waals surface area contributed by atoms with Crippen LogP contribution in [0.3, 0.4) is 0 Å². The van der Waals surface area contributed by atoms with E-state index in [2.05, 4.69) is 25.8 Å². The third kappa shape index (κ3) is 4.00. The number of hydrogen-bond donors (Lipinski definition) is 3. The lowest BCUT2D eigenvalue weighted by molar-refractivity contribution is 0.0904. The quantitative estimate of drug-likeness (QED) is 0.653. The van der Waals surface area contributed by atoms with E-state index < -0.39 is 0 Å². The predicted molar refractivity (Wildman–Crippen MR) is 102 cm³/mol. The van der Waals surface area contributed by atoms with Crippen LogP contribution in [0.25, 0.3) is 11.4 Å². The van der Waals surface area contributed by atoms with Crippen LogP contribution in [0, 0.1) is 6.92 Å². The zero-order valence-corrected chi connectivity index (χ0v) is 14.7. The van der Waals surface area contributed by atoms with Crippen LogP contribution in [-0.2, 0) is 4.74 Å². The van der Waals surface area contributed by atoms with Gasteiger partial charge in [0.2, 0.25) is 0 Å². The Morgan fingerprint density at radius 2 is 1.77 bits per heavy atom. The molecule has 2 aromatic heterocycles. The molecular weight excluding hydrogens is 328 g/mol. The van der Waals surface area contributed by atoms with Gasteiger partial charge in [-0.25, -0.2) is 9.97 Å². The van der Waals surface area contributed by atoms with Gasteiger partial charge in [-0.05, 0) is 19.8 Å². The molecular formula is C19H22N6O. The van der Waals surface area contributed by atoms with E-state index in [4.69, 9.17) is 9.72 Å². The lowest BCUT2D eigenvalue weighted by Gasteiger charge is -2.24. The fourth-order valence-electron chi connectivity index (χ4n) is 2.97. The Kier molecular flexibility index (Phi) is 4.79. The highest BCUT2D eigenvalue weighted by molar-refractivity contribution is 5.64. The van der Waals surface area contributed by atoms with Crippen LogP contribution in [0.15, 0.2) is 42.5 Å². The Morgan fingerprint density at radius 3 is 2.50 bits per heavy atom. The summed E-state index contributed by atoms with van der Waals surface area (Å²) in [5, 5.41) is 13.9. The molecule has 0 bridgehead atoms. The van der Waals surface area contributed by atoms with Crippen LogP contribution in [0.2, 0.25) is 0 Å². The van der Waals surface area contributed by atoms with E-state index in [0.717, 1.165) is 48.9 Å². The smallest absolute Gasteiger partial charge is 0.163 e. The first-order chi connectivity index (χ1) is 12.8. The number of rotatable bonds is 5. The number of aromatic amines is 1. The minimum Gasteiger partial charge on any atom is -0.381 e. The summed E-state index contributed by atoms with van der Waals surface area (Å²) in [6, 6.07) is 14.2. The van der Waals surface area contributed by atoms with Crippen LogP contribution >= 0.6 is 0 Å². The Balaban J connectivity index is 1.64. The minimum absolute atomic E-state index is 0.364. The summed E-state index contributed by atoms with van der Waals surface area (Å²) in [5.74, 6) is 2.93. The monoisotopic (exact) mass is 350 g/mol. The number of hydrogen-bond acceptors (Lipinski definition) is 6. The second kappa shape index (κ2) is 7.53. The van der Waals surface area contributed by atoms with Gasteiger partial charge >= 0.3 is 0 Å². The van der Waals surface area contributed by atoms with Crippen LogP contribution in [0.5, 0.6) is 0 Å². The Hall–Kier alpha value is -2.93. The van der Waals surface area contributed by atoms with E-state index in [1.807, 2.05) is 49.4 Å². The molecule has 3 N–H and O–H groups in total. The molecule has 1 aliphatic rings. The second-order valence-corrected chi connectivity index (χ2v) is 6.42. The highest BCUT2D eigenvalue weighted by Gasteiger charge is 2.15. The lowest BCUT2D eigenvalue weighted by atomic mass is 10.1. The first-order valence-electron chi connectivity index (χ1n) is 8.84. The molecule has 0 atom stereocenters. The van der Waals surface area contributed by atoms with Crippen molar-refractivity contribution in [3.63, 3.8) is 0 Å². The summed E-state index contributed by atoms with van der Waals surface area (Å²) in [4.78, 5) is 9.37. The zero-order valence-electron chi connectivity index (χ0n) is 14.7. The molecule has 1 fully saturated rings. The normalized spacial score (nSPS) is 15.0. The summed E-state index contributed by atoms with van der Waals surface area (Å²) in [7, 11) is 0. The van der Waals surface area contributed by atoms with Crippen molar-refractivity contribution >= 4 is 17.5 Å². The number of benzene rings is 1. The molecule has 0 radical (unpaired) electrons. The highest BCUT2D eigenvalue weighted by Crippen LogP contribution is 2.23. The molecule has 0 aliphatic carbocycles. The van der Waals surface area contributed by atoms with Gasteiger partial charge in [0, 0.05) is 42.6 Å². The van der Waals surface area contributed by atoms with Crippen molar-refractivity contribution in [2.45, 2.75) is 25.8 Å². The van der Waals surface area contributed by atoms with Gasteiger partial charge in [0.1, 0.15) is 11.6 Å². The van der Waals surface area contributed by atoms with Crippen molar-refractivity contribution < 1.29 is 4.74 Å². The van der Waals surface area contributed by atoms with Crippen molar-refractivity contribution in [3.8, 4) is 11.4 Å². The molecule has 1 aliphatic heterocycles. The molecule has 3 heterocycles. The van der Waals surface area contributed by atoms with Gasteiger partial charge in [-0.3, -0.25) is 5.10 Å². The highest BCUT2D eigenvalue weighted by atomic mass is 16.5. The van der Waals surface area contributed by atoms with E-state index in [9.17, 15) is 0 Å². The Morgan fingerprint density at radius 1 is 1.00 bits per heavy atom. The van der Waals surface area contributed by atoms with Crippen LogP contribution in [0.1, 0.15) is 18.5 Å². The fraction of sp³-hybridized carbons (Fsp3) is 0.316. The largest absolute Gasteiger partial charge is 0.381 e. The summed E-state index contributed by atoms with van der Waals surface area (Å²) in [6.07, 6.45) is 1.96. The zero-order chi connectivity index (χ0) is 17.8. The van der Waals surface area contributed by atoms with E-state index in [1.165, 1.54) is 0 Å². The summed E-state index contributed by atoms with van der Waals surface area (Å²) in [6.45, 7) is 3.53. The van der Waals surface area contributed by atoms with Crippen molar-refractivity contribution in [3.05, 3.63) is 48.2 Å². The lowest BCUT2D eigenvalue weighted by Crippen LogP contribution is -2.28. The molecule has 1 saturated heterocycles. The van der Waals surface area contributed by atoms with Gasteiger partial charge in [-0.2, -0.15) is 5.10 Å². The van der Waals surface area contributed by atoms with Gasteiger partial charge in [0.05, 0.1) is 0 Å². The summed E-state index contributed by atoms with van der Waals surface area (Å²) < 4.78 is 5.44. The van der Waals surface area contributed by atoms with Crippen molar-refractivity contribution in [2.24, 2.45) is 0 Å². The SMILES string of the molecule is Cc1cc(Nc2cc(NC3CCOCC3)nc(-c3ccccc3)n2)n[nH]1. The third-order valence-corrected chi connectivity index (χ3v) is 4.29.